The van der Waals surface area contributed by atoms with Crippen LogP contribution in [-0.4, -0.2) is 0 Å². The molecule has 0 nitrogen and oxygen atoms in total. The summed E-state index contributed by atoms with van der Waals surface area (Å²) in [5.41, 5.74) is 3.58. The van der Waals surface area contributed by atoms with Crippen LogP contribution in [0.1, 0.15) is 50.0 Å². The topological polar surface area (TPSA) is 0 Å². The van der Waals surface area contributed by atoms with Crippen molar-refractivity contribution in [2.75, 3.05) is 0 Å². The largest absolute Gasteiger partial charge is 0.216 e. The molecule has 1 saturated carbocycles. The van der Waals surface area contributed by atoms with Gasteiger partial charge in [0.2, 0.25) is 0 Å². The molecule has 0 spiro atoms. The summed E-state index contributed by atoms with van der Waals surface area (Å²) >= 11 is 0. The molecule has 0 aromatic heterocycles. The fraction of sp³-hybridized carbons (Fsp3) is 0.364. The number of hydrogen-bond acceptors (Lipinski definition) is 0. The average molecular weight is 326 g/mol. The second-order valence-corrected chi connectivity index (χ2v) is 6.79. The summed E-state index contributed by atoms with van der Waals surface area (Å²) < 4.78 is 25.0. The highest BCUT2D eigenvalue weighted by molar-refractivity contribution is 5.63. The van der Waals surface area contributed by atoms with Crippen molar-refractivity contribution in [1.29, 1.82) is 0 Å². The van der Waals surface area contributed by atoms with Crippen LogP contribution in [0.3, 0.4) is 0 Å². The van der Waals surface area contributed by atoms with Gasteiger partial charge in [0.05, 0.1) is 6.33 Å². The van der Waals surface area contributed by atoms with Crippen LogP contribution in [0.15, 0.2) is 60.9 Å². The number of hydrogen-bond donors (Lipinski definition) is 0. The first kappa shape index (κ1) is 16.9. The number of rotatable bonds is 5. The molecule has 126 valence electrons. The molecule has 3 rings (SSSR count). The van der Waals surface area contributed by atoms with E-state index < -0.39 is 0 Å². The summed E-state index contributed by atoms with van der Waals surface area (Å²) in [4.78, 5) is 0. The van der Waals surface area contributed by atoms with Crippen LogP contribution in [0.4, 0.5) is 8.78 Å². The van der Waals surface area contributed by atoms with E-state index in [4.69, 9.17) is 0 Å². The van der Waals surface area contributed by atoms with Gasteiger partial charge in [0.15, 0.2) is 0 Å². The number of halogens is 2. The average Bonchev–Trinajstić information content (AvgIpc) is 2.63. The molecule has 0 aliphatic heterocycles. The Morgan fingerprint density at radius 2 is 1.42 bits per heavy atom. The molecule has 0 radical (unpaired) electrons. The first-order valence-electron chi connectivity index (χ1n) is 8.87. The van der Waals surface area contributed by atoms with Crippen LogP contribution in [0.25, 0.3) is 11.1 Å². The van der Waals surface area contributed by atoms with Gasteiger partial charge in [-0.05, 0) is 79.2 Å². The Morgan fingerprint density at radius 3 is 2.00 bits per heavy atom. The zero-order valence-electron chi connectivity index (χ0n) is 13.9. The lowest BCUT2D eigenvalue weighted by Crippen LogP contribution is -2.13. The number of allylic oxidation sites excluding steroid dienone is 1. The Kier molecular flexibility index (Phi) is 5.79. The van der Waals surface area contributed by atoms with Gasteiger partial charge in [-0.3, -0.25) is 0 Å². The van der Waals surface area contributed by atoms with Gasteiger partial charge in [-0.1, -0.05) is 42.5 Å². The highest BCUT2D eigenvalue weighted by Gasteiger charge is 2.21. The van der Waals surface area contributed by atoms with E-state index in [-0.39, 0.29) is 5.82 Å². The zero-order chi connectivity index (χ0) is 16.8. The van der Waals surface area contributed by atoms with Crippen LogP contribution < -0.4 is 0 Å². The zero-order valence-corrected chi connectivity index (χ0v) is 13.9. The SMILES string of the molecule is F/C=C/CC[C@H]1CC[C@H](c2ccc(-c3ccc(F)cc3)cc2)CC1. The molecule has 0 saturated heterocycles. The molecule has 2 heteroatoms. The Hall–Kier alpha value is -1.96. The Labute approximate surface area is 143 Å². The summed E-state index contributed by atoms with van der Waals surface area (Å²) in [5, 5.41) is 0. The quantitative estimate of drug-likeness (QED) is 0.553. The molecule has 0 heterocycles. The summed E-state index contributed by atoms with van der Waals surface area (Å²) in [5.74, 6) is 1.19. The second kappa shape index (κ2) is 8.23. The first-order chi connectivity index (χ1) is 11.8. The molecule has 2 aromatic rings. The van der Waals surface area contributed by atoms with Gasteiger partial charge >= 0.3 is 0 Å². The fourth-order valence-corrected chi connectivity index (χ4v) is 3.77. The Morgan fingerprint density at radius 1 is 0.833 bits per heavy atom. The molecular weight excluding hydrogens is 302 g/mol. The van der Waals surface area contributed by atoms with E-state index >= 15 is 0 Å². The van der Waals surface area contributed by atoms with Crippen molar-refractivity contribution in [1.82, 2.24) is 0 Å². The van der Waals surface area contributed by atoms with E-state index in [0.717, 1.165) is 29.9 Å². The standard InChI is InChI=1S/C22H24F2/c23-16-2-1-3-17-4-6-18(7-5-17)19-8-10-20(11-9-19)21-12-14-22(24)15-13-21/h2,8-18H,1,3-7H2/b16-2+/t17-,18-. The molecule has 1 aliphatic rings. The Balaban J connectivity index is 1.57. The molecule has 1 aliphatic carbocycles. The third-order valence-corrected chi connectivity index (χ3v) is 5.24. The molecule has 24 heavy (non-hydrogen) atoms. The van der Waals surface area contributed by atoms with Crippen molar-refractivity contribution < 1.29 is 8.78 Å². The monoisotopic (exact) mass is 326 g/mol. The van der Waals surface area contributed by atoms with Gasteiger partial charge in [0.1, 0.15) is 5.82 Å². The van der Waals surface area contributed by atoms with Crippen molar-refractivity contribution in [3.05, 3.63) is 72.3 Å². The normalized spacial score (nSPS) is 21.2. The lowest BCUT2D eigenvalue weighted by molar-refractivity contribution is 0.311. The van der Waals surface area contributed by atoms with Crippen molar-refractivity contribution in [3.8, 4) is 11.1 Å². The van der Waals surface area contributed by atoms with Crippen molar-refractivity contribution >= 4 is 0 Å². The highest BCUT2D eigenvalue weighted by Crippen LogP contribution is 2.38. The van der Waals surface area contributed by atoms with Gasteiger partial charge in [-0.25, -0.2) is 8.78 Å². The smallest absolute Gasteiger partial charge is 0.123 e. The van der Waals surface area contributed by atoms with E-state index in [9.17, 15) is 8.78 Å². The number of benzene rings is 2. The maximum absolute atomic E-state index is 13.0. The van der Waals surface area contributed by atoms with Crippen molar-refractivity contribution in [3.63, 3.8) is 0 Å². The van der Waals surface area contributed by atoms with E-state index in [1.807, 2.05) is 12.1 Å². The van der Waals surface area contributed by atoms with Gasteiger partial charge in [0.25, 0.3) is 0 Å². The third kappa shape index (κ3) is 4.31. The second-order valence-electron chi connectivity index (χ2n) is 6.79. The van der Waals surface area contributed by atoms with Gasteiger partial charge in [0, 0.05) is 0 Å². The molecular formula is C22H24F2. The highest BCUT2D eigenvalue weighted by atomic mass is 19.1. The first-order valence-corrected chi connectivity index (χ1v) is 8.87. The van der Waals surface area contributed by atoms with Gasteiger partial charge in [-0.2, -0.15) is 0 Å². The third-order valence-electron chi connectivity index (χ3n) is 5.24. The van der Waals surface area contributed by atoms with E-state index in [1.165, 1.54) is 43.4 Å². The van der Waals surface area contributed by atoms with E-state index in [2.05, 4.69) is 24.3 Å². The minimum absolute atomic E-state index is 0.200. The molecule has 2 aromatic carbocycles. The fourth-order valence-electron chi connectivity index (χ4n) is 3.77. The van der Waals surface area contributed by atoms with Crippen molar-refractivity contribution in [2.24, 2.45) is 5.92 Å². The molecule has 0 atom stereocenters. The maximum Gasteiger partial charge on any atom is 0.123 e. The van der Waals surface area contributed by atoms with Gasteiger partial charge in [-0.15, -0.1) is 0 Å². The molecule has 0 amide bonds. The minimum atomic E-state index is -0.200. The van der Waals surface area contributed by atoms with Crippen molar-refractivity contribution in [2.45, 2.75) is 44.4 Å². The molecule has 0 N–H and O–H groups in total. The maximum atomic E-state index is 13.0. The Bertz CT molecular complexity index is 647. The molecule has 1 fully saturated rings. The summed E-state index contributed by atoms with van der Waals surface area (Å²) in [6, 6.07) is 15.4. The summed E-state index contributed by atoms with van der Waals surface area (Å²) in [6.45, 7) is 0. The minimum Gasteiger partial charge on any atom is -0.216 e. The predicted molar refractivity (Wildman–Crippen MR) is 96.0 cm³/mol. The van der Waals surface area contributed by atoms with Crippen LogP contribution in [0.2, 0.25) is 0 Å². The van der Waals surface area contributed by atoms with Crippen LogP contribution in [0.5, 0.6) is 0 Å². The summed E-state index contributed by atoms with van der Waals surface area (Å²) in [7, 11) is 0. The van der Waals surface area contributed by atoms with E-state index in [0.29, 0.717) is 12.2 Å². The lowest BCUT2D eigenvalue weighted by Gasteiger charge is -2.28. The van der Waals surface area contributed by atoms with E-state index in [1.54, 1.807) is 6.08 Å². The molecule has 0 bridgehead atoms. The lowest BCUT2D eigenvalue weighted by atomic mass is 9.77. The van der Waals surface area contributed by atoms with Crippen LogP contribution in [0, 0.1) is 11.7 Å². The molecule has 0 unspecified atom stereocenters. The van der Waals surface area contributed by atoms with Crippen LogP contribution >= 0.6 is 0 Å². The van der Waals surface area contributed by atoms with Gasteiger partial charge < -0.3 is 0 Å². The van der Waals surface area contributed by atoms with Crippen LogP contribution in [-0.2, 0) is 0 Å². The summed E-state index contributed by atoms with van der Waals surface area (Å²) in [6.07, 6.45) is 9.18. The predicted octanol–water partition coefficient (Wildman–Crippen LogP) is 7.03.